The summed E-state index contributed by atoms with van der Waals surface area (Å²) in [7, 11) is -3.65. The summed E-state index contributed by atoms with van der Waals surface area (Å²) in [4.78, 5) is 20.2. The predicted molar refractivity (Wildman–Crippen MR) is 95.1 cm³/mol. The first-order chi connectivity index (χ1) is 12.1. The number of thiophene rings is 1. The average Bonchev–Trinajstić information content (AvgIpc) is 3.19. The van der Waals surface area contributed by atoms with Crippen LogP contribution in [-0.4, -0.2) is 30.8 Å². The van der Waals surface area contributed by atoms with Crippen LogP contribution in [0.25, 0.3) is 0 Å². The minimum atomic E-state index is -3.65. The van der Waals surface area contributed by atoms with Gasteiger partial charge in [-0.15, -0.1) is 11.3 Å². The standard InChI is InChI=1S/C17H15N3O3S2/c21-17(14-6-1-2-9-19-14)20-12-15(13-5-3-8-18-11-13)25(22,23)16-7-4-10-24-16/h1-11,15H,12H2,(H,20,21). The summed E-state index contributed by atoms with van der Waals surface area (Å²) in [6.07, 6.45) is 4.59. The summed E-state index contributed by atoms with van der Waals surface area (Å²) in [5.41, 5.74) is 0.762. The molecule has 0 aromatic carbocycles. The normalized spacial score (nSPS) is 12.5. The Morgan fingerprint density at radius 3 is 2.64 bits per heavy atom. The number of hydrogen-bond donors (Lipinski definition) is 1. The molecule has 3 rings (SSSR count). The maximum atomic E-state index is 13.0. The van der Waals surface area contributed by atoms with Gasteiger partial charge in [-0.25, -0.2) is 8.42 Å². The quantitative estimate of drug-likeness (QED) is 0.717. The van der Waals surface area contributed by atoms with E-state index in [0.29, 0.717) is 5.56 Å². The van der Waals surface area contributed by atoms with Crippen LogP contribution in [0.2, 0.25) is 0 Å². The van der Waals surface area contributed by atoms with Gasteiger partial charge in [0, 0.05) is 25.1 Å². The number of carbonyl (C=O) groups excluding carboxylic acids is 1. The first kappa shape index (κ1) is 17.2. The monoisotopic (exact) mass is 373 g/mol. The molecule has 1 N–H and O–H groups in total. The van der Waals surface area contributed by atoms with Gasteiger partial charge in [0.2, 0.25) is 0 Å². The second-order valence-electron chi connectivity index (χ2n) is 5.18. The maximum Gasteiger partial charge on any atom is 0.269 e. The number of rotatable bonds is 6. The van der Waals surface area contributed by atoms with Crippen molar-refractivity contribution in [1.82, 2.24) is 15.3 Å². The molecule has 1 amide bonds. The van der Waals surface area contributed by atoms with E-state index >= 15 is 0 Å². The molecule has 0 aliphatic heterocycles. The summed E-state index contributed by atoms with van der Waals surface area (Å²) in [5.74, 6) is -0.420. The zero-order chi connectivity index (χ0) is 17.7. The summed E-state index contributed by atoms with van der Waals surface area (Å²) >= 11 is 1.15. The van der Waals surface area contributed by atoms with Gasteiger partial charge in [-0.2, -0.15) is 0 Å². The van der Waals surface area contributed by atoms with E-state index < -0.39 is 21.0 Å². The molecule has 0 spiro atoms. The third kappa shape index (κ3) is 3.92. The van der Waals surface area contributed by atoms with Gasteiger partial charge in [0.25, 0.3) is 5.91 Å². The molecule has 3 aromatic rings. The van der Waals surface area contributed by atoms with Crippen molar-refractivity contribution in [1.29, 1.82) is 0 Å². The highest BCUT2D eigenvalue weighted by molar-refractivity contribution is 7.93. The van der Waals surface area contributed by atoms with E-state index in [1.807, 2.05) is 0 Å². The third-order valence-corrected chi connectivity index (χ3v) is 7.08. The lowest BCUT2D eigenvalue weighted by Crippen LogP contribution is -2.32. The van der Waals surface area contributed by atoms with Crippen LogP contribution in [0.1, 0.15) is 21.3 Å². The number of carbonyl (C=O) groups is 1. The van der Waals surface area contributed by atoms with Gasteiger partial charge in [0.05, 0.1) is 0 Å². The Kier molecular flexibility index (Phi) is 5.20. The number of sulfone groups is 1. The van der Waals surface area contributed by atoms with Gasteiger partial charge >= 0.3 is 0 Å². The van der Waals surface area contributed by atoms with Crippen LogP contribution in [0.5, 0.6) is 0 Å². The molecule has 1 unspecified atom stereocenters. The van der Waals surface area contributed by atoms with Gasteiger partial charge in [0.1, 0.15) is 15.2 Å². The van der Waals surface area contributed by atoms with Crippen molar-refractivity contribution >= 4 is 27.1 Å². The first-order valence-electron chi connectivity index (χ1n) is 7.45. The van der Waals surface area contributed by atoms with Crippen molar-refractivity contribution in [3.8, 4) is 0 Å². The second kappa shape index (κ2) is 7.54. The number of nitrogens with one attached hydrogen (secondary N) is 1. The first-order valence-corrected chi connectivity index (χ1v) is 9.88. The molecule has 0 aliphatic rings. The summed E-state index contributed by atoms with van der Waals surface area (Å²) in [5, 5.41) is 3.45. The highest BCUT2D eigenvalue weighted by Crippen LogP contribution is 2.30. The van der Waals surface area contributed by atoms with Crippen LogP contribution in [-0.2, 0) is 9.84 Å². The minimum absolute atomic E-state index is 0.0681. The molecule has 0 fully saturated rings. The van der Waals surface area contributed by atoms with Gasteiger partial charge in [-0.1, -0.05) is 18.2 Å². The van der Waals surface area contributed by atoms with Crippen LogP contribution in [0.3, 0.4) is 0 Å². The Balaban J connectivity index is 1.87. The van der Waals surface area contributed by atoms with Gasteiger partial charge in [-0.05, 0) is 35.2 Å². The molecule has 8 heteroatoms. The van der Waals surface area contributed by atoms with Crippen molar-refractivity contribution in [3.05, 3.63) is 77.7 Å². The summed E-state index contributed by atoms with van der Waals surface area (Å²) in [6.45, 7) is -0.0681. The number of aromatic nitrogens is 2. The smallest absolute Gasteiger partial charge is 0.269 e. The Hall–Kier alpha value is -2.58. The average molecular weight is 373 g/mol. The summed E-state index contributed by atoms with van der Waals surface area (Å²) in [6, 6.07) is 11.6. The molecule has 6 nitrogen and oxygen atoms in total. The number of pyridine rings is 2. The molecular formula is C17H15N3O3S2. The lowest BCUT2D eigenvalue weighted by atomic mass is 10.2. The Bertz CT molecular complexity index is 928. The number of hydrogen-bond acceptors (Lipinski definition) is 6. The highest BCUT2D eigenvalue weighted by atomic mass is 32.2. The Morgan fingerprint density at radius 2 is 2.00 bits per heavy atom. The van der Waals surface area contributed by atoms with Crippen LogP contribution in [0.15, 0.2) is 70.6 Å². The van der Waals surface area contributed by atoms with Crippen molar-refractivity contribution in [2.45, 2.75) is 9.46 Å². The SMILES string of the molecule is O=C(NCC(c1cccnc1)S(=O)(=O)c1cccs1)c1ccccn1. The molecule has 25 heavy (non-hydrogen) atoms. The van der Waals surface area contributed by atoms with E-state index in [0.717, 1.165) is 11.3 Å². The Labute approximate surface area is 149 Å². The minimum Gasteiger partial charge on any atom is -0.349 e. The lowest BCUT2D eigenvalue weighted by molar-refractivity contribution is 0.0948. The molecule has 3 aromatic heterocycles. The molecule has 1 atom stereocenters. The maximum absolute atomic E-state index is 13.0. The van der Waals surface area contributed by atoms with Crippen LogP contribution in [0.4, 0.5) is 0 Å². The molecule has 0 bridgehead atoms. The van der Waals surface area contributed by atoms with E-state index in [4.69, 9.17) is 0 Å². The van der Waals surface area contributed by atoms with Crippen LogP contribution >= 0.6 is 11.3 Å². The fourth-order valence-corrected chi connectivity index (χ4v) is 5.16. The predicted octanol–water partition coefficient (Wildman–Crippen LogP) is 2.48. The highest BCUT2D eigenvalue weighted by Gasteiger charge is 2.30. The molecule has 0 radical (unpaired) electrons. The van der Waals surface area contributed by atoms with Gasteiger partial charge in [-0.3, -0.25) is 14.8 Å². The van der Waals surface area contributed by atoms with Crippen LogP contribution in [0, 0.1) is 0 Å². The third-order valence-electron chi connectivity index (χ3n) is 3.55. The van der Waals surface area contributed by atoms with Crippen LogP contribution < -0.4 is 5.32 Å². The van der Waals surface area contributed by atoms with E-state index in [9.17, 15) is 13.2 Å². The second-order valence-corrected chi connectivity index (χ2v) is 8.48. The molecule has 3 heterocycles. The molecule has 0 aliphatic carbocycles. The number of nitrogens with zero attached hydrogens (tertiary/aromatic N) is 2. The lowest BCUT2D eigenvalue weighted by Gasteiger charge is -2.17. The van der Waals surface area contributed by atoms with Crippen molar-refractivity contribution < 1.29 is 13.2 Å². The zero-order valence-corrected chi connectivity index (χ0v) is 14.7. The summed E-state index contributed by atoms with van der Waals surface area (Å²) < 4.78 is 26.2. The van der Waals surface area contributed by atoms with Crippen molar-refractivity contribution in [3.63, 3.8) is 0 Å². The van der Waals surface area contributed by atoms with E-state index in [-0.39, 0.29) is 16.4 Å². The van der Waals surface area contributed by atoms with E-state index in [2.05, 4.69) is 15.3 Å². The van der Waals surface area contributed by atoms with Gasteiger partial charge < -0.3 is 5.32 Å². The Morgan fingerprint density at radius 1 is 1.12 bits per heavy atom. The van der Waals surface area contributed by atoms with E-state index in [1.54, 1.807) is 54.0 Å². The van der Waals surface area contributed by atoms with Crippen molar-refractivity contribution in [2.75, 3.05) is 6.54 Å². The topological polar surface area (TPSA) is 89.0 Å². The molecular weight excluding hydrogens is 358 g/mol. The molecule has 128 valence electrons. The molecule has 0 saturated carbocycles. The fourth-order valence-electron chi connectivity index (χ4n) is 2.31. The largest absolute Gasteiger partial charge is 0.349 e. The van der Waals surface area contributed by atoms with Crippen molar-refractivity contribution in [2.24, 2.45) is 0 Å². The molecule has 0 saturated heterocycles. The van der Waals surface area contributed by atoms with E-state index in [1.165, 1.54) is 12.4 Å². The fraction of sp³-hybridized carbons (Fsp3) is 0.118. The zero-order valence-electron chi connectivity index (χ0n) is 13.1. The number of amides is 1. The van der Waals surface area contributed by atoms with Gasteiger partial charge in [0.15, 0.2) is 9.84 Å².